The minimum absolute atomic E-state index is 0.0217. The molecular formula is C22H26FNO3. The maximum Gasteiger partial charge on any atom is 0.220 e. The summed E-state index contributed by atoms with van der Waals surface area (Å²) in [6, 6.07) is 12.3. The number of fused-ring (bicyclic) bond motifs is 1. The summed E-state index contributed by atoms with van der Waals surface area (Å²) < 4.78 is 24.8. The monoisotopic (exact) mass is 371 g/mol. The molecule has 3 rings (SSSR count). The van der Waals surface area contributed by atoms with Gasteiger partial charge in [-0.1, -0.05) is 32.0 Å². The van der Waals surface area contributed by atoms with Crippen LogP contribution in [0.1, 0.15) is 37.8 Å². The van der Waals surface area contributed by atoms with Crippen LogP contribution in [0.3, 0.4) is 0 Å². The molecule has 0 spiro atoms. The van der Waals surface area contributed by atoms with E-state index >= 15 is 0 Å². The Kier molecular flexibility index (Phi) is 5.99. The minimum Gasteiger partial charge on any atom is -0.490 e. The zero-order valence-corrected chi connectivity index (χ0v) is 15.9. The quantitative estimate of drug-likeness (QED) is 0.834. The number of halogens is 1. The molecule has 0 saturated carbocycles. The fraction of sp³-hybridized carbons (Fsp3) is 0.409. The third-order valence-electron chi connectivity index (χ3n) is 4.79. The first-order valence-corrected chi connectivity index (χ1v) is 9.35. The average molecular weight is 371 g/mol. The second kappa shape index (κ2) is 8.42. The van der Waals surface area contributed by atoms with Gasteiger partial charge in [0.1, 0.15) is 5.82 Å². The van der Waals surface area contributed by atoms with Gasteiger partial charge in [-0.05, 0) is 41.8 Å². The van der Waals surface area contributed by atoms with Gasteiger partial charge in [0.25, 0.3) is 0 Å². The van der Waals surface area contributed by atoms with E-state index in [4.69, 9.17) is 9.47 Å². The fourth-order valence-electron chi connectivity index (χ4n) is 3.04. The highest BCUT2D eigenvalue weighted by molar-refractivity contribution is 5.76. The molecule has 0 saturated heterocycles. The van der Waals surface area contributed by atoms with Crippen molar-refractivity contribution in [1.82, 2.24) is 5.32 Å². The summed E-state index contributed by atoms with van der Waals surface area (Å²) in [4.78, 5) is 12.3. The number of carbonyl (C=O) groups is 1. The van der Waals surface area contributed by atoms with Crippen LogP contribution < -0.4 is 14.8 Å². The standard InChI is InChI=1S/C22H26FNO3/c1-22(2,17-5-3-6-18(23)14-17)15-24-21(25)10-8-16-7-9-19-20(13-16)27-12-4-11-26-19/h3,5-7,9,13-14H,4,8,10-12,15H2,1-2H3,(H,24,25). The number of nitrogens with one attached hydrogen (secondary N) is 1. The Morgan fingerprint density at radius 2 is 1.89 bits per heavy atom. The molecule has 0 radical (unpaired) electrons. The van der Waals surface area contributed by atoms with Crippen LogP contribution >= 0.6 is 0 Å². The predicted molar refractivity (Wildman–Crippen MR) is 103 cm³/mol. The van der Waals surface area contributed by atoms with E-state index < -0.39 is 0 Å². The van der Waals surface area contributed by atoms with Gasteiger partial charge in [0.2, 0.25) is 5.91 Å². The molecule has 0 fully saturated rings. The molecule has 1 aliphatic heterocycles. The summed E-state index contributed by atoms with van der Waals surface area (Å²) >= 11 is 0. The third-order valence-corrected chi connectivity index (χ3v) is 4.79. The van der Waals surface area contributed by atoms with Crippen molar-refractivity contribution >= 4 is 5.91 Å². The molecule has 5 heteroatoms. The Hall–Kier alpha value is -2.56. The zero-order valence-electron chi connectivity index (χ0n) is 15.9. The minimum atomic E-state index is -0.340. The number of aryl methyl sites for hydroxylation is 1. The molecule has 1 amide bonds. The SMILES string of the molecule is CC(C)(CNC(=O)CCc1ccc2c(c1)OCCCO2)c1cccc(F)c1. The van der Waals surface area contributed by atoms with E-state index in [9.17, 15) is 9.18 Å². The Labute approximate surface area is 159 Å². The molecule has 2 aromatic rings. The van der Waals surface area contributed by atoms with Gasteiger partial charge in [-0.25, -0.2) is 4.39 Å². The molecule has 2 aromatic carbocycles. The van der Waals surface area contributed by atoms with Gasteiger partial charge >= 0.3 is 0 Å². The highest BCUT2D eigenvalue weighted by Crippen LogP contribution is 2.30. The molecule has 0 atom stereocenters. The van der Waals surface area contributed by atoms with Crippen molar-refractivity contribution in [3.05, 3.63) is 59.4 Å². The highest BCUT2D eigenvalue weighted by atomic mass is 19.1. The number of rotatable bonds is 6. The summed E-state index contributed by atoms with van der Waals surface area (Å²) in [5.74, 6) is 1.23. The van der Waals surface area contributed by atoms with E-state index in [0.29, 0.717) is 32.6 Å². The predicted octanol–water partition coefficient (Wildman–Crippen LogP) is 4.01. The van der Waals surface area contributed by atoms with E-state index in [2.05, 4.69) is 5.32 Å². The van der Waals surface area contributed by atoms with E-state index in [1.165, 1.54) is 12.1 Å². The lowest BCUT2D eigenvalue weighted by Gasteiger charge is -2.25. The first-order valence-electron chi connectivity index (χ1n) is 9.35. The van der Waals surface area contributed by atoms with Gasteiger partial charge in [-0.15, -0.1) is 0 Å². The summed E-state index contributed by atoms with van der Waals surface area (Å²) in [6.07, 6.45) is 1.88. The summed E-state index contributed by atoms with van der Waals surface area (Å²) in [5.41, 5.74) is 1.57. The Morgan fingerprint density at radius 1 is 1.11 bits per heavy atom. The average Bonchev–Trinajstić information content (AvgIpc) is 2.89. The van der Waals surface area contributed by atoms with Crippen LogP contribution in [0.2, 0.25) is 0 Å². The maximum absolute atomic E-state index is 13.4. The molecule has 1 heterocycles. The lowest BCUT2D eigenvalue weighted by atomic mass is 9.84. The van der Waals surface area contributed by atoms with Gasteiger partial charge in [0, 0.05) is 24.8 Å². The summed E-state index contributed by atoms with van der Waals surface area (Å²) in [5, 5.41) is 2.97. The number of ether oxygens (including phenoxy) is 2. The van der Waals surface area contributed by atoms with Crippen molar-refractivity contribution in [2.45, 2.75) is 38.5 Å². The smallest absolute Gasteiger partial charge is 0.220 e. The van der Waals surface area contributed by atoms with Crippen molar-refractivity contribution in [2.75, 3.05) is 19.8 Å². The van der Waals surface area contributed by atoms with E-state index in [-0.39, 0.29) is 17.1 Å². The Morgan fingerprint density at radius 3 is 2.67 bits per heavy atom. The zero-order chi connectivity index (χ0) is 19.3. The number of amides is 1. The van der Waals surface area contributed by atoms with E-state index in [1.54, 1.807) is 6.07 Å². The van der Waals surface area contributed by atoms with Crippen LogP contribution in [0.5, 0.6) is 11.5 Å². The Bertz CT molecular complexity index is 804. The number of hydrogen-bond donors (Lipinski definition) is 1. The van der Waals surface area contributed by atoms with Gasteiger partial charge in [-0.2, -0.15) is 0 Å². The molecule has 0 unspecified atom stereocenters. The van der Waals surface area contributed by atoms with Gasteiger partial charge < -0.3 is 14.8 Å². The summed E-state index contributed by atoms with van der Waals surface area (Å²) in [7, 11) is 0. The normalized spacial score (nSPS) is 13.7. The molecule has 0 bridgehead atoms. The Balaban J connectivity index is 1.52. The lowest BCUT2D eigenvalue weighted by molar-refractivity contribution is -0.121. The number of benzene rings is 2. The van der Waals surface area contributed by atoms with Crippen molar-refractivity contribution < 1.29 is 18.7 Å². The molecule has 0 aliphatic carbocycles. The van der Waals surface area contributed by atoms with Crippen molar-refractivity contribution in [1.29, 1.82) is 0 Å². The lowest BCUT2D eigenvalue weighted by Crippen LogP contribution is -2.36. The third kappa shape index (κ3) is 5.22. The molecule has 1 N–H and O–H groups in total. The molecule has 27 heavy (non-hydrogen) atoms. The second-order valence-corrected chi connectivity index (χ2v) is 7.50. The second-order valence-electron chi connectivity index (χ2n) is 7.50. The number of hydrogen-bond acceptors (Lipinski definition) is 3. The van der Waals surface area contributed by atoms with E-state index in [0.717, 1.165) is 29.0 Å². The summed E-state index contributed by atoms with van der Waals surface area (Å²) in [6.45, 7) is 5.75. The fourth-order valence-corrected chi connectivity index (χ4v) is 3.04. The van der Waals surface area contributed by atoms with Crippen LogP contribution in [0.15, 0.2) is 42.5 Å². The van der Waals surface area contributed by atoms with Gasteiger partial charge in [-0.3, -0.25) is 4.79 Å². The van der Waals surface area contributed by atoms with Crippen molar-refractivity contribution in [3.8, 4) is 11.5 Å². The highest BCUT2D eigenvalue weighted by Gasteiger charge is 2.22. The maximum atomic E-state index is 13.4. The van der Waals surface area contributed by atoms with Gasteiger partial charge in [0.05, 0.1) is 13.2 Å². The molecule has 144 valence electrons. The molecular weight excluding hydrogens is 345 g/mol. The van der Waals surface area contributed by atoms with Crippen LogP contribution in [0.25, 0.3) is 0 Å². The van der Waals surface area contributed by atoms with E-state index in [1.807, 2.05) is 38.1 Å². The first kappa shape index (κ1) is 19.2. The van der Waals surface area contributed by atoms with Crippen LogP contribution in [0.4, 0.5) is 4.39 Å². The van der Waals surface area contributed by atoms with Crippen molar-refractivity contribution in [2.24, 2.45) is 0 Å². The van der Waals surface area contributed by atoms with Crippen LogP contribution in [-0.2, 0) is 16.6 Å². The number of carbonyl (C=O) groups excluding carboxylic acids is 1. The van der Waals surface area contributed by atoms with Crippen LogP contribution in [-0.4, -0.2) is 25.7 Å². The molecule has 1 aliphatic rings. The molecule has 0 aromatic heterocycles. The first-order chi connectivity index (χ1) is 12.9. The van der Waals surface area contributed by atoms with Crippen molar-refractivity contribution in [3.63, 3.8) is 0 Å². The van der Waals surface area contributed by atoms with Gasteiger partial charge in [0.15, 0.2) is 11.5 Å². The van der Waals surface area contributed by atoms with Crippen LogP contribution in [0, 0.1) is 5.82 Å². The largest absolute Gasteiger partial charge is 0.490 e. The topological polar surface area (TPSA) is 47.6 Å². The molecule has 4 nitrogen and oxygen atoms in total.